The van der Waals surface area contributed by atoms with Gasteiger partial charge in [-0.1, -0.05) is 18.2 Å². The number of nitrogens with two attached hydrogens (primary N) is 1. The normalized spacial score (nSPS) is 20.6. The molecule has 1 fully saturated rings. The number of nitrogens with zero attached hydrogens (tertiary/aromatic N) is 1. The third-order valence-corrected chi connectivity index (χ3v) is 5.01. The van der Waals surface area contributed by atoms with Crippen LogP contribution in [0.3, 0.4) is 0 Å². The van der Waals surface area contributed by atoms with E-state index in [4.69, 9.17) is 5.73 Å². The molecule has 2 rings (SSSR count). The number of amides is 1. The topological polar surface area (TPSA) is 80.5 Å². The average molecular weight is 286 g/mol. The second-order valence-corrected chi connectivity index (χ2v) is 6.44. The number of carbonyl (C=O) groups excluding carboxylic acids is 1. The summed E-state index contributed by atoms with van der Waals surface area (Å²) in [6.45, 7) is 0.254. The van der Waals surface area contributed by atoms with Gasteiger partial charge in [0.15, 0.2) is 0 Å². The van der Waals surface area contributed by atoms with Crippen molar-refractivity contribution in [1.82, 2.24) is 4.31 Å². The summed E-state index contributed by atoms with van der Waals surface area (Å²) in [6, 6.07) is 4.89. The van der Waals surface area contributed by atoms with Crippen molar-refractivity contribution in [1.29, 1.82) is 0 Å². The maximum absolute atomic E-state index is 13.5. The molecule has 1 aliphatic heterocycles. The van der Waals surface area contributed by atoms with Crippen molar-refractivity contribution in [3.05, 3.63) is 35.6 Å². The Morgan fingerprint density at radius 2 is 2.11 bits per heavy atom. The Balaban J connectivity index is 2.24. The summed E-state index contributed by atoms with van der Waals surface area (Å²) in [5.74, 6) is -1.68. The summed E-state index contributed by atoms with van der Waals surface area (Å²) in [7, 11) is -3.74. The van der Waals surface area contributed by atoms with E-state index >= 15 is 0 Å². The van der Waals surface area contributed by atoms with E-state index in [2.05, 4.69) is 0 Å². The number of primary amides is 1. The van der Waals surface area contributed by atoms with Gasteiger partial charge in [-0.15, -0.1) is 0 Å². The van der Waals surface area contributed by atoms with Gasteiger partial charge in [-0.25, -0.2) is 12.8 Å². The molecule has 1 amide bonds. The van der Waals surface area contributed by atoms with E-state index < -0.39 is 33.5 Å². The predicted octanol–water partition coefficient (Wildman–Crippen LogP) is 0.605. The van der Waals surface area contributed by atoms with Gasteiger partial charge in [0, 0.05) is 12.1 Å². The minimum absolute atomic E-state index is 0.0950. The van der Waals surface area contributed by atoms with Gasteiger partial charge in [0.1, 0.15) is 11.9 Å². The zero-order valence-corrected chi connectivity index (χ0v) is 11.1. The molecule has 1 aliphatic rings. The number of hydrogen-bond donors (Lipinski definition) is 1. The van der Waals surface area contributed by atoms with Gasteiger partial charge >= 0.3 is 0 Å². The Morgan fingerprint density at radius 3 is 2.74 bits per heavy atom. The fourth-order valence-electron chi connectivity index (χ4n) is 2.25. The summed E-state index contributed by atoms with van der Waals surface area (Å²) in [5.41, 5.74) is 5.28. The third kappa shape index (κ3) is 2.93. The summed E-state index contributed by atoms with van der Waals surface area (Å²) in [4.78, 5) is 11.2. The number of rotatable bonds is 4. The van der Waals surface area contributed by atoms with Crippen LogP contribution in [0.1, 0.15) is 18.4 Å². The van der Waals surface area contributed by atoms with Crippen LogP contribution in [0.4, 0.5) is 4.39 Å². The Kier molecular flexibility index (Phi) is 3.86. The monoisotopic (exact) mass is 286 g/mol. The Bertz CT molecular complexity index is 588. The van der Waals surface area contributed by atoms with Crippen LogP contribution in [0.25, 0.3) is 0 Å². The van der Waals surface area contributed by atoms with Crippen molar-refractivity contribution in [3.63, 3.8) is 0 Å². The van der Waals surface area contributed by atoms with Gasteiger partial charge in [0.05, 0.1) is 5.75 Å². The highest BCUT2D eigenvalue weighted by Gasteiger charge is 2.37. The quantitative estimate of drug-likeness (QED) is 0.880. The first kappa shape index (κ1) is 14.0. The Labute approximate surface area is 111 Å². The molecule has 0 radical (unpaired) electrons. The van der Waals surface area contributed by atoms with E-state index in [1.54, 1.807) is 6.07 Å². The standard InChI is InChI=1S/C12H15FN2O3S/c13-10-5-2-1-4-9(10)8-19(17,18)15-7-3-6-11(15)12(14)16/h1-2,4-5,11H,3,6-8H2,(H2,14,16). The highest BCUT2D eigenvalue weighted by atomic mass is 32.2. The molecule has 1 atom stereocenters. The number of halogens is 1. The van der Waals surface area contributed by atoms with Crippen LogP contribution in [0.15, 0.2) is 24.3 Å². The van der Waals surface area contributed by atoms with Gasteiger partial charge in [-0.2, -0.15) is 4.31 Å². The Hall–Kier alpha value is -1.47. The van der Waals surface area contributed by atoms with Crippen molar-refractivity contribution >= 4 is 15.9 Å². The van der Waals surface area contributed by atoms with Crippen molar-refractivity contribution in [2.24, 2.45) is 5.73 Å². The van der Waals surface area contributed by atoms with Gasteiger partial charge in [-0.3, -0.25) is 4.79 Å². The average Bonchev–Trinajstić information content (AvgIpc) is 2.82. The van der Waals surface area contributed by atoms with Crippen LogP contribution in [-0.2, 0) is 20.6 Å². The minimum atomic E-state index is -3.74. The predicted molar refractivity (Wildman–Crippen MR) is 67.9 cm³/mol. The van der Waals surface area contributed by atoms with E-state index in [0.29, 0.717) is 12.8 Å². The fourth-order valence-corrected chi connectivity index (χ4v) is 4.05. The lowest BCUT2D eigenvalue weighted by molar-refractivity contribution is -0.121. The second-order valence-electron chi connectivity index (χ2n) is 4.52. The van der Waals surface area contributed by atoms with Crippen molar-refractivity contribution in [2.75, 3.05) is 6.54 Å². The third-order valence-electron chi connectivity index (χ3n) is 3.19. The van der Waals surface area contributed by atoms with E-state index in [0.717, 1.165) is 4.31 Å². The zero-order chi connectivity index (χ0) is 14.0. The number of benzene rings is 1. The van der Waals surface area contributed by atoms with E-state index in [9.17, 15) is 17.6 Å². The fraction of sp³-hybridized carbons (Fsp3) is 0.417. The second kappa shape index (κ2) is 5.26. The summed E-state index contributed by atoms with van der Waals surface area (Å²) < 4.78 is 39.0. The first-order valence-corrected chi connectivity index (χ1v) is 7.55. The van der Waals surface area contributed by atoms with Crippen molar-refractivity contribution in [2.45, 2.75) is 24.6 Å². The highest BCUT2D eigenvalue weighted by Crippen LogP contribution is 2.23. The zero-order valence-electron chi connectivity index (χ0n) is 10.3. The number of carbonyl (C=O) groups is 1. The first-order chi connectivity index (χ1) is 8.92. The first-order valence-electron chi connectivity index (χ1n) is 5.94. The molecule has 0 saturated carbocycles. The molecule has 2 N–H and O–H groups in total. The molecule has 0 bridgehead atoms. The summed E-state index contributed by atoms with van der Waals surface area (Å²) in [5, 5.41) is 0. The molecule has 0 aliphatic carbocycles. The molecule has 1 aromatic carbocycles. The van der Waals surface area contributed by atoms with Crippen LogP contribution >= 0.6 is 0 Å². The molecule has 0 aromatic heterocycles. The van der Waals surface area contributed by atoms with E-state index in [-0.39, 0.29) is 12.1 Å². The van der Waals surface area contributed by atoms with Gasteiger partial charge in [-0.05, 0) is 18.9 Å². The number of hydrogen-bond acceptors (Lipinski definition) is 3. The van der Waals surface area contributed by atoms with Crippen molar-refractivity contribution < 1.29 is 17.6 Å². The van der Waals surface area contributed by atoms with Crippen LogP contribution in [0.2, 0.25) is 0 Å². The lowest BCUT2D eigenvalue weighted by atomic mass is 10.2. The Morgan fingerprint density at radius 1 is 1.42 bits per heavy atom. The molecule has 0 spiro atoms. The lowest BCUT2D eigenvalue weighted by Gasteiger charge is -2.21. The molecule has 1 unspecified atom stereocenters. The molecule has 5 nitrogen and oxygen atoms in total. The molecular formula is C12H15FN2O3S. The van der Waals surface area contributed by atoms with Crippen molar-refractivity contribution in [3.8, 4) is 0 Å². The van der Waals surface area contributed by atoms with Gasteiger partial charge in [0.2, 0.25) is 15.9 Å². The van der Waals surface area contributed by atoms with Gasteiger partial charge < -0.3 is 5.73 Å². The molecule has 7 heteroatoms. The molecule has 104 valence electrons. The SMILES string of the molecule is NC(=O)C1CCCN1S(=O)(=O)Cc1ccccc1F. The molecule has 1 saturated heterocycles. The smallest absolute Gasteiger partial charge is 0.235 e. The summed E-state index contributed by atoms with van der Waals surface area (Å²) in [6.07, 6.45) is 1.01. The lowest BCUT2D eigenvalue weighted by Crippen LogP contribution is -2.44. The minimum Gasteiger partial charge on any atom is -0.368 e. The maximum Gasteiger partial charge on any atom is 0.235 e. The van der Waals surface area contributed by atoms with Crippen LogP contribution < -0.4 is 5.73 Å². The van der Waals surface area contributed by atoms with E-state index in [1.165, 1.54) is 18.2 Å². The molecule has 19 heavy (non-hydrogen) atoms. The summed E-state index contributed by atoms with van der Waals surface area (Å²) >= 11 is 0. The van der Waals surface area contributed by atoms with Crippen LogP contribution in [-0.4, -0.2) is 31.2 Å². The van der Waals surface area contributed by atoms with E-state index in [1.807, 2.05) is 0 Å². The highest BCUT2D eigenvalue weighted by molar-refractivity contribution is 7.88. The van der Waals surface area contributed by atoms with Crippen LogP contribution in [0, 0.1) is 5.82 Å². The number of sulfonamides is 1. The van der Waals surface area contributed by atoms with Gasteiger partial charge in [0.25, 0.3) is 0 Å². The molecular weight excluding hydrogens is 271 g/mol. The molecule has 1 heterocycles. The molecule has 1 aromatic rings. The largest absolute Gasteiger partial charge is 0.368 e. The van der Waals surface area contributed by atoms with Crippen LogP contribution in [0.5, 0.6) is 0 Å². The maximum atomic E-state index is 13.5.